The topological polar surface area (TPSA) is 78.5 Å². The quantitative estimate of drug-likeness (QED) is 0.763. The minimum atomic E-state index is -0.776. The highest BCUT2D eigenvalue weighted by molar-refractivity contribution is 8.01. The Morgan fingerprint density at radius 2 is 1.76 bits per heavy atom. The lowest BCUT2D eigenvalue weighted by atomic mass is 9.95. The van der Waals surface area contributed by atoms with E-state index in [9.17, 15) is 14.4 Å². The fourth-order valence-corrected chi connectivity index (χ4v) is 4.76. The summed E-state index contributed by atoms with van der Waals surface area (Å²) in [6.45, 7) is 2.93. The fourth-order valence-electron chi connectivity index (χ4n) is 3.69. The summed E-state index contributed by atoms with van der Waals surface area (Å²) in [7, 11) is 0. The van der Waals surface area contributed by atoms with Gasteiger partial charge in [-0.25, -0.2) is 0 Å². The Balaban J connectivity index is 1.35. The third kappa shape index (κ3) is 4.15. The maximum Gasteiger partial charge on any atom is 0.247 e. The van der Waals surface area contributed by atoms with Gasteiger partial charge in [-0.3, -0.25) is 14.4 Å². The maximum atomic E-state index is 12.9. The van der Waals surface area contributed by atoms with Crippen LogP contribution >= 0.6 is 11.8 Å². The van der Waals surface area contributed by atoms with Crippen LogP contribution in [0.1, 0.15) is 18.4 Å². The number of thioether (sulfide) groups is 1. The molecular weight excluding hydrogens is 386 g/mol. The second-order valence-corrected chi connectivity index (χ2v) is 8.53. The van der Waals surface area contributed by atoms with Crippen molar-refractivity contribution in [1.29, 1.82) is 0 Å². The molecule has 1 unspecified atom stereocenters. The molecule has 0 spiro atoms. The third-order valence-corrected chi connectivity index (χ3v) is 6.69. The van der Waals surface area contributed by atoms with Crippen LogP contribution in [-0.2, 0) is 14.4 Å². The minimum Gasteiger partial charge on any atom is -0.341 e. The van der Waals surface area contributed by atoms with Crippen molar-refractivity contribution in [3.05, 3.63) is 54.1 Å². The van der Waals surface area contributed by atoms with E-state index in [-0.39, 0.29) is 23.6 Å². The van der Waals surface area contributed by atoms with Gasteiger partial charge in [-0.05, 0) is 43.5 Å². The molecule has 1 fully saturated rings. The van der Waals surface area contributed by atoms with Crippen molar-refractivity contribution in [2.75, 3.05) is 23.7 Å². The predicted molar refractivity (Wildman–Crippen MR) is 114 cm³/mol. The van der Waals surface area contributed by atoms with Crippen molar-refractivity contribution in [3.8, 4) is 0 Å². The number of carbonyl (C=O) groups excluding carboxylic acids is 3. The van der Waals surface area contributed by atoms with Gasteiger partial charge >= 0.3 is 0 Å². The first kappa shape index (κ1) is 19.5. The van der Waals surface area contributed by atoms with Crippen molar-refractivity contribution < 1.29 is 14.4 Å². The van der Waals surface area contributed by atoms with Crippen LogP contribution < -0.4 is 10.6 Å². The van der Waals surface area contributed by atoms with E-state index in [1.165, 1.54) is 11.8 Å². The van der Waals surface area contributed by atoms with E-state index in [1.54, 1.807) is 4.90 Å². The average Bonchev–Trinajstić information content (AvgIpc) is 2.74. The first-order chi connectivity index (χ1) is 14.0. The molecule has 0 radical (unpaired) electrons. The Kier molecular flexibility index (Phi) is 5.58. The molecule has 3 amide bonds. The standard InChI is InChI=1S/C22H23N3O3S/c1-14-6-2-3-7-16(14)23-20(26)15-10-12-25(13-11-15)22(28)19-21(27)24-17-8-4-5-9-18(17)29-19/h2-9,15,19H,10-13H2,1H3,(H,23,26)(H,24,27). The van der Waals surface area contributed by atoms with E-state index in [0.717, 1.165) is 21.8 Å². The number of para-hydroxylation sites is 2. The molecule has 0 saturated carbocycles. The molecule has 1 atom stereocenters. The molecule has 2 N–H and O–H groups in total. The van der Waals surface area contributed by atoms with Crippen LogP contribution in [0, 0.1) is 12.8 Å². The van der Waals surface area contributed by atoms with Crippen molar-refractivity contribution in [2.24, 2.45) is 5.92 Å². The molecule has 2 heterocycles. The number of anilines is 2. The minimum absolute atomic E-state index is 0.00916. The fraction of sp³-hybridized carbons (Fsp3) is 0.318. The molecule has 29 heavy (non-hydrogen) atoms. The molecule has 2 aliphatic heterocycles. The molecule has 2 aliphatic rings. The Morgan fingerprint density at radius 3 is 2.52 bits per heavy atom. The molecule has 2 aromatic rings. The summed E-state index contributed by atoms with van der Waals surface area (Å²) < 4.78 is 0. The Labute approximate surface area is 174 Å². The summed E-state index contributed by atoms with van der Waals surface area (Å²) in [6, 6.07) is 15.2. The van der Waals surface area contributed by atoms with Crippen LogP contribution in [0.3, 0.4) is 0 Å². The summed E-state index contributed by atoms with van der Waals surface area (Å²) in [6.07, 6.45) is 1.19. The lowest BCUT2D eigenvalue weighted by molar-refractivity contribution is -0.136. The molecule has 4 rings (SSSR count). The van der Waals surface area contributed by atoms with E-state index in [4.69, 9.17) is 0 Å². The van der Waals surface area contributed by atoms with E-state index < -0.39 is 5.25 Å². The smallest absolute Gasteiger partial charge is 0.247 e. The molecule has 7 heteroatoms. The molecule has 0 aromatic heterocycles. The first-order valence-electron chi connectivity index (χ1n) is 9.75. The van der Waals surface area contributed by atoms with Crippen molar-refractivity contribution >= 4 is 40.9 Å². The number of carbonyl (C=O) groups is 3. The number of piperidine rings is 1. The predicted octanol–water partition coefficient (Wildman–Crippen LogP) is 3.29. The molecule has 0 aliphatic carbocycles. The second kappa shape index (κ2) is 8.29. The van der Waals surface area contributed by atoms with Crippen molar-refractivity contribution in [2.45, 2.75) is 29.9 Å². The normalized spacial score (nSPS) is 19.3. The van der Waals surface area contributed by atoms with Gasteiger partial charge in [-0.1, -0.05) is 30.3 Å². The van der Waals surface area contributed by atoms with E-state index >= 15 is 0 Å². The number of nitrogens with zero attached hydrogens (tertiary/aromatic N) is 1. The summed E-state index contributed by atoms with van der Waals surface area (Å²) >= 11 is 1.29. The summed E-state index contributed by atoms with van der Waals surface area (Å²) in [4.78, 5) is 40.6. The van der Waals surface area contributed by atoms with Gasteiger partial charge in [-0.15, -0.1) is 11.8 Å². The van der Waals surface area contributed by atoms with Gasteiger partial charge in [0.05, 0.1) is 5.69 Å². The Morgan fingerprint density at radius 1 is 1.07 bits per heavy atom. The molecule has 1 saturated heterocycles. The van der Waals surface area contributed by atoms with E-state index in [1.807, 2.05) is 55.5 Å². The molecular formula is C22H23N3O3S. The average molecular weight is 410 g/mol. The second-order valence-electron chi connectivity index (χ2n) is 7.39. The number of amides is 3. The highest BCUT2D eigenvalue weighted by Crippen LogP contribution is 2.36. The highest BCUT2D eigenvalue weighted by atomic mass is 32.2. The van der Waals surface area contributed by atoms with Gasteiger partial charge in [0.1, 0.15) is 0 Å². The maximum absolute atomic E-state index is 12.9. The van der Waals surface area contributed by atoms with Gasteiger partial charge in [0.15, 0.2) is 5.25 Å². The molecule has 6 nitrogen and oxygen atoms in total. The summed E-state index contributed by atoms with van der Waals surface area (Å²) in [5.74, 6) is -0.602. The van der Waals surface area contributed by atoms with Gasteiger partial charge in [0, 0.05) is 29.6 Å². The van der Waals surface area contributed by atoms with Crippen LogP contribution in [0.5, 0.6) is 0 Å². The van der Waals surface area contributed by atoms with Crippen LogP contribution in [0.25, 0.3) is 0 Å². The number of likely N-dealkylation sites (tertiary alicyclic amines) is 1. The molecule has 2 aromatic carbocycles. The summed E-state index contributed by atoms with van der Waals surface area (Å²) in [5.41, 5.74) is 2.59. The van der Waals surface area contributed by atoms with Crippen LogP contribution in [0.2, 0.25) is 0 Å². The van der Waals surface area contributed by atoms with Crippen LogP contribution in [-0.4, -0.2) is 41.0 Å². The Hall–Kier alpha value is -2.80. The number of hydrogen-bond acceptors (Lipinski definition) is 4. The first-order valence-corrected chi connectivity index (χ1v) is 10.6. The van der Waals surface area contributed by atoms with Gasteiger partial charge in [-0.2, -0.15) is 0 Å². The summed E-state index contributed by atoms with van der Waals surface area (Å²) in [5, 5.41) is 5.04. The monoisotopic (exact) mass is 409 g/mol. The number of hydrogen-bond donors (Lipinski definition) is 2. The van der Waals surface area contributed by atoms with Crippen LogP contribution in [0.15, 0.2) is 53.4 Å². The zero-order valence-corrected chi connectivity index (χ0v) is 17.0. The largest absolute Gasteiger partial charge is 0.341 e. The lowest BCUT2D eigenvalue weighted by Gasteiger charge is -2.34. The zero-order valence-electron chi connectivity index (χ0n) is 16.2. The molecule has 150 valence electrons. The van der Waals surface area contributed by atoms with Crippen molar-refractivity contribution in [1.82, 2.24) is 4.90 Å². The number of nitrogens with one attached hydrogen (secondary N) is 2. The SMILES string of the molecule is Cc1ccccc1NC(=O)C1CCN(C(=O)C2Sc3ccccc3NC2=O)CC1. The Bertz CT molecular complexity index is 954. The lowest BCUT2D eigenvalue weighted by Crippen LogP contribution is -2.48. The van der Waals surface area contributed by atoms with E-state index in [2.05, 4.69) is 10.6 Å². The third-order valence-electron chi connectivity index (χ3n) is 5.43. The highest BCUT2D eigenvalue weighted by Gasteiger charge is 2.37. The van der Waals surface area contributed by atoms with Gasteiger partial charge in [0.25, 0.3) is 0 Å². The van der Waals surface area contributed by atoms with Gasteiger partial charge < -0.3 is 15.5 Å². The van der Waals surface area contributed by atoms with E-state index in [0.29, 0.717) is 25.9 Å². The molecule has 0 bridgehead atoms. The number of aryl methyl sites for hydroxylation is 1. The number of rotatable bonds is 3. The number of fused-ring (bicyclic) bond motifs is 1. The van der Waals surface area contributed by atoms with Gasteiger partial charge in [0.2, 0.25) is 17.7 Å². The van der Waals surface area contributed by atoms with Crippen LogP contribution in [0.4, 0.5) is 11.4 Å². The van der Waals surface area contributed by atoms with Crippen molar-refractivity contribution in [3.63, 3.8) is 0 Å². The zero-order chi connectivity index (χ0) is 20.4. The number of benzene rings is 2.